The Labute approximate surface area is 94.1 Å². The van der Waals surface area contributed by atoms with Gasteiger partial charge in [0, 0.05) is 11.6 Å². The number of benzene rings is 1. The summed E-state index contributed by atoms with van der Waals surface area (Å²) in [6.07, 6.45) is 0. The van der Waals surface area contributed by atoms with Crippen molar-refractivity contribution in [3.05, 3.63) is 36.2 Å². The van der Waals surface area contributed by atoms with Crippen LogP contribution in [0.25, 0.3) is 11.3 Å². The van der Waals surface area contributed by atoms with Crippen LogP contribution in [-0.4, -0.2) is 17.1 Å². The van der Waals surface area contributed by atoms with Gasteiger partial charge in [-0.15, -0.1) is 0 Å². The third kappa shape index (κ3) is 2.11. The standard InChI is InChI=1S/C12H13N3O/c1-8-14-11(7-12(13)15-8)9-3-5-10(16-2)6-4-9/h3-7H,1-2H3,(H2,13,14,15). The van der Waals surface area contributed by atoms with E-state index >= 15 is 0 Å². The molecule has 0 aliphatic rings. The topological polar surface area (TPSA) is 61.0 Å². The van der Waals surface area contributed by atoms with Crippen LogP contribution in [0.3, 0.4) is 0 Å². The molecule has 2 rings (SSSR count). The summed E-state index contributed by atoms with van der Waals surface area (Å²) in [5.41, 5.74) is 7.50. The largest absolute Gasteiger partial charge is 0.497 e. The number of rotatable bonds is 2. The average Bonchev–Trinajstić information content (AvgIpc) is 2.28. The van der Waals surface area contributed by atoms with E-state index in [-0.39, 0.29) is 0 Å². The van der Waals surface area contributed by atoms with Gasteiger partial charge in [-0.2, -0.15) is 0 Å². The van der Waals surface area contributed by atoms with Crippen LogP contribution < -0.4 is 10.5 Å². The number of anilines is 1. The first kappa shape index (κ1) is 10.4. The molecule has 0 bridgehead atoms. The van der Waals surface area contributed by atoms with Gasteiger partial charge in [0.2, 0.25) is 0 Å². The van der Waals surface area contributed by atoms with Crippen molar-refractivity contribution in [1.29, 1.82) is 0 Å². The zero-order chi connectivity index (χ0) is 11.5. The molecule has 0 spiro atoms. The van der Waals surface area contributed by atoms with Gasteiger partial charge in [-0.3, -0.25) is 0 Å². The molecule has 0 aliphatic heterocycles. The van der Waals surface area contributed by atoms with Crippen LogP contribution in [0.1, 0.15) is 5.82 Å². The van der Waals surface area contributed by atoms with E-state index in [2.05, 4.69) is 9.97 Å². The number of hydrogen-bond acceptors (Lipinski definition) is 4. The van der Waals surface area contributed by atoms with Gasteiger partial charge in [-0.1, -0.05) is 0 Å². The van der Waals surface area contributed by atoms with Gasteiger partial charge < -0.3 is 10.5 Å². The first-order valence-corrected chi connectivity index (χ1v) is 4.94. The molecule has 0 amide bonds. The number of aromatic nitrogens is 2. The molecule has 0 saturated carbocycles. The number of nitrogens with zero attached hydrogens (tertiary/aromatic N) is 2. The normalized spacial score (nSPS) is 10.1. The number of aryl methyl sites for hydroxylation is 1. The summed E-state index contributed by atoms with van der Waals surface area (Å²) in [6.45, 7) is 1.82. The van der Waals surface area contributed by atoms with E-state index in [4.69, 9.17) is 10.5 Å². The van der Waals surface area contributed by atoms with Crippen LogP contribution in [0, 0.1) is 6.92 Å². The fourth-order valence-corrected chi connectivity index (χ4v) is 1.50. The molecule has 16 heavy (non-hydrogen) atoms. The third-order valence-electron chi connectivity index (χ3n) is 2.24. The molecule has 0 aliphatic carbocycles. The Morgan fingerprint density at radius 1 is 1.12 bits per heavy atom. The van der Waals surface area contributed by atoms with Gasteiger partial charge >= 0.3 is 0 Å². The number of nitrogen functional groups attached to an aromatic ring is 1. The van der Waals surface area contributed by atoms with Crippen molar-refractivity contribution >= 4 is 5.82 Å². The first-order chi connectivity index (χ1) is 7.69. The number of hydrogen-bond donors (Lipinski definition) is 1. The lowest BCUT2D eigenvalue weighted by Gasteiger charge is -2.04. The molecule has 82 valence electrons. The molecule has 4 nitrogen and oxygen atoms in total. The van der Waals surface area contributed by atoms with Crippen LogP contribution in [0.2, 0.25) is 0 Å². The Hall–Kier alpha value is -2.10. The minimum absolute atomic E-state index is 0.485. The Kier molecular flexibility index (Phi) is 2.72. The number of ether oxygens (including phenoxy) is 1. The van der Waals surface area contributed by atoms with Crippen LogP contribution in [0.4, 0.5) is 5.82 Å². The minimum Gasteiger partial charge on any atom is -0.497 e. The van der Waals surface area contributed by atoms with E-state index in [1.54, 1.807) is 13.2 Å². The van der Waals surface area contributed by atoms with E-state index in [1.165, 1.54) is 0 Å². The lowest BCUT2D eigenvalue weighted by molar-refractivity contribution is 0.415. The van der Waals surface area contributed by atoms with Crippen LogP contribution >= 0.6 is 0 Å². The molecular formula is C12H13N3O. The summed E-state index contributed by atoms with van der Waals surface area (Å²) in [4.78, 5) is 8.36. The molecule has 0 saturated heterocycles. The zero-order valence-corrected chi connectivity index (χ0v) is 9.27. The maximum Gasteiger partial charge on any atom is 0.128 e. The second-order valence-electron chi connectivity index (χ2n) is 3.45. The molecule has 2 N–H and O–H groups in total. The van der Waals surface area contributed by atoms with Crippen molar-refractivity contribution in [3.63, 3.8) is 0 Å². The summed E-state index contributed by atoms with van der Waals surface area (Å²) >= 11 is 0. The molecule has 0 radical (unpaired) electrons. The van der Waals surface area contributed by atoms with Gasteiger partial charge in [0.05, 0.1) is 12.8 Å². The summed E-state index contributed by atoms with van der Waals surface area (Å²) in [7, 11) is 1.64. The molecule has 2 aromatic rings. The molecular weight excluding hydrogens is 202 g/mol. The number of methoxy groups -OCH3 is 1. The maximum absolute atomic E-state index is 5.68. The highest BCUT2D eigenvalue weighted by atomic mass is 16.5. The van der Waals surface area contributed by atoms with Crippen molar-refractivity contribution in [2.45, 2.75) is 6.92 Å². The maximum atomic E-state index is 5.68. The summed E-state index contributed by atoms with van der Waals surface area (Å²) in [6, 6.07) is 9.43. The summed E-state index contributed by atoms with van der Waals surface area (Å²) < 4.78 is 5.10. The zero-order valence-electron chi connectivity index (χ0n) is 9.27. The molecule has 1 aromatic heterocycles. The van der Waals surface area contributed by atoms with Gasteiger partial charge in [0.25, 0.3) is 0 Å². The van der Waals surface area contributed by atoms with E-state index in [9.17, 15) is 0 Å². The predicted octanol–water partition coefficient (Wildman–Crippen LogP) is 2.04. The molecule has 1 aromatic carbocycles. The fraction of sp³-hybridized carbons (Fsp3) is 0.167. The lowest BCUT2D eigenvalue weighted by atomic mass is 10.1. The quantitative estimate of drug-likeness (QED) is 0.832. The second kappa shape index (κ2) is 4.18. The van der Waals surface area contributed by atoms with Gasteiger partial charge in [-0.05, 0) is 31.2 Å². The van der Waals surface area contributed by atoms with Crippen molar-refractivity contribution < 1.29 is 4.74 Å². The third-order valence-corrected chi connectivity index (χ3v) is 2.24. The Bertz CT molecular complexity index is 474. The molecule has 0 unspecified atom stereocenters. The van der Waals surface area contributed by atoms with Gasteiger partial charge in [-0.25, -0.2) is 9.97 Å². The van der Waals surface area contributed by atoms with Crippen molar-refractivity contribution in [2.24, 2.45) is 0 Å². The minimum atomic E-state index is 0.485. The smallest absolute Gasteiger partial charge is 0.128 e. The van der Waals surface area contributed by atoms with E-state index in [0.717, 1.165) is 17.0 Å². The van der Waals surface area contributed by atoms with E-state index in [0.29, 0.717) is 11.6 Å². The van der Waals surface area contributed by atoms with Crippen LogP contribution in [0.15, 0.2) is 30.3 Å². The second-order valence-corrected chi connectivity index (χ2v) is 3.45. The van der Waals surface area contributed by atoms with Crippen molar-refractivity contribution in [1.82, 2.24) is 9.97 Å². The van der Waals surface area contributed by atoms with Crippen molar-refractivity contribution in [3.8, 4) is 17.0 Å². The van der Waals surface area contributed by atoms with Crippen LogP contribution in [0.5, 0.6) is 5.75 Å². The molecule has 0 fully saturated rings. The molecule has 1 heterocycles. The SMILES string of the molecule is COc1ccc(-c2cc(N)nc(C)n2)cc1. The van der Waals surface area contributed by atoms with Crippen molar-refractivity contribution in [2.75, 3.05) is 12.8 Å². The van der Waals surface area contributed by atoms with Gasteiger partial charge in [0.1, 0.15) is 17.4 Å². The molecule has 4 heteroatoms. The van der Waals surface area contributed by atoms with E-state index < -0.39 is 0 Å². The highest BCUT2D eigenvalue weighted by Gasteiger charge is 2.02. The fourth-order valence-electron chi connectivity index (χ4n) is 1.50. The number of nitrogens with two attached hydrogens (primary N) is 1. The highest BCUT2D eigenvalue weighted by molar-refractivity contribution is 5.62. The highest BCUT2D eigenvalue weighted by Crippen LogP contribution is 2.21. The Morgan fingerprint density at radius 3 is 2.38 bits per heavy atom. The Balaban J connectivity index is 2.42. The van der Waals surface area contributed by atoms with E-state index in [1.807, 2.05) is 31.2 Å². The van der Waals surface area contributed by atoms with Crippen LogP contribution in [-0.2, 0) is 0 Å². The average molecular weight is 215 g/mol. The lowest BCUT2D eigenvalue weighted by Crippen LogP contribution is -1.97. The summed E-state index contributed by atoms with van der Waals surface area (Å²) in [5.74, 6) is 1.98. The monoisotopic (exact) mass is 215 g/mol. The molecule has 0 atom stereocenters. The Morgan fingerprint density at radius 2 is 1.81 bits per heavy atom. The predicted molar refractivity (Wildman–Crippen MR) is 63.2 cm³/mol. The summed E-state index contributed by atoms with van der Waals surface area (Å²) in [5, 5.41) is 0. The van der Waals surface area contributed by atoms with Gasteiger partial charge in [0.15, 0.2) is 0 Å². The first-order valence-electron chi connectivity index (χ1n) is 4.94.